The van der Waals surface area contributed by atoms with Crippen LogP contribution in [0.25, 0.3) is 16.2 Å². The van der Waals surface area contributed by atoms with Gasteiger partial charge in [0, 0.05) is 17.5 Å². The van der Waals surface area contributed by atoms with Gasteiger partial charge in [0.15, 0.2) is 4.96 Å². The van der Waals surface area contributed by atoms with E-state index < -0.39 is 5.97 Å². The summed E-state index contributed by atoms with van der Waals surface area (Å²) in [6.45, 7) is 4.18. The molecule has 3 aromatic rings. The summed E-state index contributed by atoms with van der Waals surface area (Å²) >= 11 is 1.25. The number of thiazole rings is 1. The molecule has 0 aliphatic heterocycles. The van der Waals surface area contributed by atoms with E-state index in [0.717, 1.165) is 41.2 Å². The molecule has 2 heterocycles. The minimum atomic E-state index is -0.868. The summed E-state index contributed by atoms with van der Waals surface area (Å²) in [5, 5.41) is 9.33. The van der Waals surface area contributed by atoms with E-state index in [4.69, 9.17) is 0 Å². The zero-order chi connectivity index (χ0) is 15.7. The molecule has 0 saturated heterocycles. The Morgan fingerprint density at radius 3 is 2.59 bits per heavy atom. The number of imidazole rings is 1. The number of rotatable bonds is 5. The number of carbonyl (C=O) groups is 1. The van der Waals surface area contributed by atoms with Crippen LogP contribution in [-0.2, 0) is 12.8 Å². The first-order chi connectivity index (χ1) is 10.6. The van der Waals surface area contributed by atoms with E-state index in [1.165, 1.54) is 16.9 Å². The van der Waals surface area contributed by atoms with E-state index in [1.807, 2.05) is 10.6 Å². The topological polar surface area (TPSA) is 54.6 Å². The molecule has 0 fully saturated rings. The van der Waals surface area contributed by atoms with Gasteiger partial charge in [-0.1, -0.05) is 55.9 Å². The van der Waals surface area contributed by atoms with Crippen molar-refractivity contribution in [3.05, 3.63) is 46.6 Å². The largest absolute Gasteiger partial charge is 0.477 e. The average molecular weight is 314 g/mol. The highest BCUT2D eigenvalue weighted by Crippen LogP contribution is 2.28. The van der Waals surface area contributed by atoms with E-state index in [0.29, 0.717) is 4.88 Å². The smallest absolute Gasteiger partial charge is 0.347 e. The Morgan fingerprint density at radius 1 is 1.27 bits per heavy atom. The van der Waals surface area contributed by atoms with Gasteiger partial charge in [-0.05, 0) is 18.4 Å². The Balaban J connectivity index is 2.07. The van der Waals surface area contributed by atoms with E-state index >= 15 is 0 Å². The molecule has 4 nitrogen and oxygen atoms in total. The predicted octanol–water partition coefficient (Wildman–Crippen LogP) is 4.28. The van der Waals surface area contributed by atoms with Crippen LogP contribution in [0.3, 0.4) is 0 Å². The van der Waals surface area contributed by atoms with Gasteiger partial charge in [-0.15, -0.1) is 0 Å². The molecule has 0 atom stereocenters. The van der Waals surface area contributed by atoms with E-state index in [9.17, 15) is 9.90 Å². The van der Waals surface area contributed by atoms with Crippen LogP contribution >= 0.6 is 11.3 Å². The number of carboxylic acids is 1. The molecule has 2 aromatic heterocycles. The van der Waals surface area contributed by atoms with Gasteiger partial charge in [0.1, 0.15) is 4.88 Å². The lowest BCUT2D eigenvalue weighted by molar-refractivity contribution is 0.0700. The first kappa shape index (κ1) is 14.8. The van der Waals surface area contributed by atoms with Crippen LogP contribution in [0, 0.1) is 0 Å². The molecular formula is C17H18N2O2S. The van der Waals surface area contributed by atoms with Gasteiger partial charge in [0.2, 0.25) is 0 Å². The summed E-state index contributed by atoms with van der Waals surface area (Å²) in [5.41, 5.74) is 4.10. The van der Waals surface area contributed by atoms with Crippen LogP contribution in [0.15, 0.2) is 30.5 Å². The van der Waals surface area contributed by atoms with Gasteiger partial charge in [-0.3, -0.25) is 4.40 Å². The van der Waals surface area contributed by atoms with E-state index in [2.05, 4.69) is 43.1 Å². The van der Waals surface area contributed by atoms with Crippen molar-refractivity contribution in [3.8, 4) is 11.3 Å². The fraction of sp³-hybridized carbons (Fsp3) is 0.294. The Labute approximate surface area is 133 Å². The molecule has 22 heavy (non-hydrogen) atoms. The molecule has 0 unspecified atom stereocenters. The zero-order valence-electron chi connectivity index (χ0n) is 12.7. The number of nitrogens with zero attached hydrogens (tertiary/aromatic N) is 2. The standard InChI is InChI=1S/C17H18N2O2S/c1-3-5-14-15(16(20)21)22-17-18-13(10-19(14)17)12-8-6-11(4-2)7-9-12/h6-10H,3-5H2,1-2H3,(H,20,21). The molecule has 114 valence electrons. The fourth-order valence-corrected chi connectivity index (χ4v) is 3.57. The van der Waals surface area contributed by atoms with Crippen LogP contribution in [0.1, 0.15) is 41.2 Å². The first-order valence-corrected chi connectivity index (χ1v) is 8.29. The summed E-state index contributed by atoms with van der Waals surface area (Å²) < 4.78 is 1.93. The minimum Gasteiger partial charge on any atom is -0.477 e. The van der Waals surface area contributed by atoms with Crippen molar-refractivity contribution >= 4 is 22.3 Å². The maximum atomic E-state index is 11.4. The van der Waals surface area contributed by atoms with Gasteiger partial charge in [-0.25, -0.2) is 9.78 Å². The molecule has 1 N–H and O–H groups in total. The SMILES string of the molecule is CCCc1c(C(=O)O)sc2nc(-c3ccc(CC)cc3)cn12. The number of hydrogen-bond donors (Lipinski definition) is 1. The summed E-state index contributed by atoms with van der Waals surface area (Å²) in [6, 6.07) is 8.36. The molecule has 0 aliphatic rings. The third-order valence-electron chi connectivity index (χ3n) is 3.76. The number of fused-ring (bicyclic) bond motifs is 1. The van der Waals surface area contributed by atoms with E-state index in [-0.39, 0.29) is 0 Å². The molecule has 0 radical (unpaired) electrons. The summed E-state index contributed by atoms with van der Waals surface area (Å²) in [7, 11) is 0. The third-order valence-corrected chi connectivity index (χ3v) is 4.84. The van der Waals surface area contributed by atoms with Gasteiger partial charge >= 0.3 is 5.97 Å². The average Bonchev–Trinajstić information content (AvgIpc) is 3.07. The quantitative estimate of drug-likeness (QED) is 0.765. The predicted molar refractivity (Wildman–Crippen MR) is 88.8 cm³/mol. The van der Waals surface area contributed by atoms with Crippen molar-refractivity contribution in [2.24, 2.45) is 0 Å². The van der Waals surface area contributed by atoms with Gasteiger partial charge < -0.3 is 5.11 Å². The van der Waals surface area contributed by atoms with Crippen LogP contribution in [-0.4, -0.2) is 20.5 Å². The number of benzene rings is 1. The van der Waals surface area contributed by atoms with Gasteiger partial charge in [0.25, 0.3) is 0 Å². The van der Waals surface area contributed by atoms with Crippen LogP contribution in [0.4, 0.5) is 0 Å². The van der Waals surface area contributed by atoms with E-state index in [1.54, 1.807) is 0 Å². The second kappa shape index (κ2) is 5.93. The maximum Gasteiger partial charge on any atom is 0.347 e. The normalized spacial score (nSPS) is 11.2. The second-order valence-corrected chi connectivity index (χ2v) is 6.24. The Morgan fingerprint density at radius 2 is 2.00 bits per heavy atom. The number of aryl methyl sites for hydroxylation is 2. The lowest BCUT2D eigenvalue weighted by Crippen LogP contribution is -2.00. The molecule has 0 saturated carbocycles. The summed E-state index contributed by atoms with van der Waals surface area (Å²) in [4.78, 5) is 17.1. The molecule has 1 aromatic carbocycles. The molecule has 3 rings (SSSR count). The highest BCUT2D eigenvalue weighted by atomic mass is 32.1. The molecule has 0 bridgehead atoms. The fourth-order valence-electron chi connectivity index (χ4n) is 2.58. The Kier molecular flexibility index (Phi) is 3.98. The number of aromatic nitrogens is 2. The molecule has 0 amide bonds. The van der Waals surface area contributed by atoms with Gasteiger partial charge in [0.05, 0.1) is 5.69 Å². The van der Waals surface area contributed by atoms with Crippen molar-refractivity contribution in [1.82, 2.24) is 9.38 Å². The number of carboxylic acid groups (broad SMARTS) is 1. The lowest BCUT2D eigenvalue weighted by atomic mass is 10.1. The van der Waals surface area contributed by atoms with Crippen molar-refractivity contribution in [3.63, 3.8) is 0 Å². The number of hydrogen-bond acceptors (Lipinski definition) is 3. The maximum absolute atomic E-state index is 11.4. The van der Waals surface area contributed by atoms with Crippen LogP contribution in [0.5, 0.6) is 0 Å². The van der Waals surface area contributed by atoms with Crippen molar-refractivity contribution in [1.29, 1.82) is 0 Å². The monoisotopic (exact) mass is 314 g/mol. The molecule has 0 aliphatic carbocycles. The molecule has 0 spiro atoms. The first-order valence-electron chi connectivity index (χ1n) is 7.47. The molecular weight excluding hydrogens is 296 g/mol. The van der Waals surface area contributed by atoms with Gasteiger partial charge in [-0.2, -0.15) is 0 Å². The Hall–Kier alpha value is -2.14. The third kappa shape index (κ3) is 2.52. The summed E-state index contributed by atoms with van der Waals surface area (Å²) in [5.74, 6) is -0.868. The summed E-state index contributed by atoms with van der Waals surface area (Å²) in [6.07, 6.45) is 4.61. The number of aromatic carboxylic acids is 1. The highest BCUT2D eigenvalue weighted by Gasteiger charge is 2.19. The Bertz CT molecular complexity index is 815. The second-order valence-electron chi connectivity index (χ2n) is 5.26. The minimum absolute atomic E-state index is 0.400. The van der Waals surface area contributed by atoms with Crippen molar-refractivity contribution in [2.75, 3.05) is 0 Å². The van der Waals surface area contributed by atoms with Crippen LogP contribution < -0.4 is 0 Å². The van der Waals surface area contributed by atoms with Crippen LogP contribution in [0.2, 0.25) is 0 Å². The lowest BCUT2D eigenvalue weighted by Gasteiger charge is -2.00. The molecule has 5 heteroatoms. The zero-order valence-corrected chi connectivity index (χ0v) is 13.5. The van der Waals surface area contributed by atoms with Crippen molar-refractivity contribution in [2.45, 2.75) is 33.1 Å². The highest BCUT2D eigenvalue weighted by molar-refractivity contribution is 7.19. The van der Waals surface area contributed by atoms with Crippen molar-refractivity contribution < 1.29 is 9.90 Å².